The summed E-state index contributed by atoms with van der Waals surface area (Å²) in [6.45, 7) is -0.250. The first kappa shape index (κ1) is 11.0. The van der Waals surface area contributed by atoms with Crippen molar-refractivity contribution in [2.24, 2.45) is 0 Å². The number of nitro benzene ring substituents is 1. The normalized spacial score (nSPS) is 8.08. The third-order valence-electron chi connectivity index (χ3n) is 1.05. The van der Waals surface area contributed by atoms with E-state index in [0.29, 0.717) is 0 Å². The molecule has 0 fully saturated rings. The molecule has 1 rings (SSSR count). The van der Waals surface area contributed by atoms with Gasteiger partial charge in [-0.3, -0.25) is 14.9 Å². The molecule has 0 bridgehead atoms. The summed E-state index contributed by atoms with van der Waals surface area (Å²) in [7, 11) is 0. The van der Waals surface area contributed by atoms with Crippen LogP contribution in [0.1, 0.15) is 0 Å². The van der Waals surface area contributed by atoms with Crippen molar-refractivity contribution in [2.75, 3.05) is 0 Å². The number of hydrogen-bond acceptors (Lipinski definition) is 3. The van der Waals surface area contributed by atoms with E-state index in [-0.39, 0.29) is 6.47 Å². The minimum Gasteiger partial charge on any atom is -0.483 e. The highest BCUT2D eigenvalue weighted by Crippen LogP contribution is 2.14. The van der Waals surface area contributed by atoms with Gasteiger partial charge >= 0.3 is 5.69 Å². The smallest absolute Gasteiger partial charge is 0.304 e. The van der Waals surface area contributed by atoms with Gasteiger partial charge in [-0.15, -0.1) is 0 Å². The van der Waals surface area contributed by atoms with Crippen LogP contribution < -0.4 is 0 Å². The van der Waals surface area contributed by atoms with Crippen LogP contribution in [0.15, 0.2) is 24.3 Å². The van der Waals surface area contributed by atoms with E-state index >= 15 is 0 Å². The maximum Gasteiger partial charge on any atom is 0.304 e. The highest BCUT2D eigenvalue weighted by molar-refractivity contribution is 5.32. The zero-order valence-corrected chi connectivity index (χ0v) is 6.38. The molecule has 0 saturated carbocycles. The van der Waals surface area contributed by atoms with Crippen molar-refractivity contribution in [1.29, 1.82) is 0 Å². The lowest BCUT2D eigenvalue weighted by atomic mass is 10.3. The standard InChI is InChI=1S/C6H4FNO2.CH2O2/c7-5-3-1-2-4-6(5)8(9)10;2-1-3/h1-4H;1H,(H,2,3). The van der Waals surface area contributed by atoms with Gasteiger partial charge in [0.2, 0.25) is 5.82 Å². The average molecular weight is 187 g/mol. The maximum atomic E-state index is 12.4. The molecule has 0 spiro atoms. The second kappa shape index (κ2) is 5.64. The van der Waals surface area contributed by atoms with E-state index in [4.69, 9.17) is 9.90 Å². The molecule has 0 atom stereocenters. The number of hydrogen-bond donors (Lipinski definition) is 1. The van der Waals surface area contributed by atoms with E-state index in [1.807, 2.05) is 0 Å². The van der Waals surface area contributed by atoms with Crippen LogP contribution in [0.25, 0.3) is 0 Å². The first-order valence-corrected chi connectivity index (χ1v) is 3.10. The van der Waals surface area contributed by atoms with E-state index < -0.39 is 16.4 Å². The van der Waals surface area contributed by atoms with Gasteiger partial charge in [-0.05, 0) is 6.07 Å². The fraction of sp³-hybridized carbons (Fsp3) is 0. The first-order chi connectivity index (χ1) is 6.13. The molecule has 1 N–H and O–H groups in total. The molecule has 1 aromatic rings. The summed E-state index contributed by atoms with van der Waals surface area (Å²) in [5.41, 5.74) is -0.484. The molecular weight excluding hydrogens is 181 g/mol. The lowest BCUT2D eigenvalue weighted by Gasteiger charge is -1.89. The van der Waals surface area contributed by atoms with Crippen molar-refractivity contribution in [2.45, 2.75) is 0 Å². The monoisotopic (exact) mass is 187 g/mol. The fourth-order valence-corrected chi connectivity index (χ4v) is 0.600. The van der Waals surface area contributed by atoms with Crippen molar-refractivity contribution in [3.8, 4) is 0 Å². The molecule has 1 aromatic carbocycles. The Morgan fingerprint density at radius 3 is 2.23 bits per heavy atom. The molecule has 0 heterocycles. The van der Waals surface area contributed by atoms with Crippen LogP contribution in [0, 0.1) is 15.9 Å². The Bertz CT molecular complexity index is 302. The quantitative estimate of drug-likeness (QED) is 0.409. The van der Waals surface area contributed by atoms with Gasteiger partial charge in [0, 0.05) is 6.07 Å². The number of benzene rings is 1. The highest BCUT2D eigenvalue weighted by atomic mass is 19.1. The summed E-state index contributed by atoms with van der Waals surface area (Å²) in [4.78, 5) is 17.6. The van der Waals surface area contributed by atoms with Crippen LogP contribution in [0.2, 0.25) is 0 Å². The summed E-state index contributed by atoms with van der Waals surface area (Å²) in [6.07, 6.45) is 0. The van der Waals surface area contributed by atoms with Gasteiger partial charge in [0.1, 0.15) is 0 Å². The van der Waals surface area contributed by atoms with E-state index in [2.05, 4.69) is 0 Å². The third-order valence-corrected chi connectivity index (χ3v) is 1.05. The number of carbonyl (C=O) groups is 1. The van der Waals surface area contributed by atoms with Crippen molar-refractivity contribution in [3.63, 3.8) is 0 Å². The van der Waals surface area contributed by atoms with Crippen LogP contribution in [0.4, 0.5) is 10.1 Å². The molecule has 13 heavy (non-hydrogen) atoms. The van der Waals surface area contributed by atoms with Gasteiger partial charge < -0.3 is 5.11 Å². The molecule has 0 unspecified atom stereocenters. The van der Waals surface area contributed by atoms with Gasteiger partial charge in [-0.25, -0.2) is 0 Å². The molecule has 70 valence electrons. The SMILES string of the molecule is O=CO.O=[N+]([O-])c1ccccc1F. The molecule has 0 aliphatic rings. The molecule has 5 nitrogen and oxygen atoms in total. The summed E-state index contributed by atoms with van der Waals surface area (Å²) in [5, 5.41) is 16.9. The molecular formula is C7H6FNO4. The Morgan fingerprint density at radius 1 is 1.46 bits per heavy atom. The Hall–Kier alpha value is -1.98. The zero-order valence-electron chi connectivity index (χ0n) is 6.38. The number of halogens is 1. The summed E-state index contributed by atoms with van der Waals surface area (Å²) >= 11 is 0. The molecule has 0 aliphatic carbocycles. The minimum atomic E-state index is -0.799. The van der Waals surface area contributed by atoms with Crippen LogP contribution >= 0.6 is 0 Å². The van der Waals surface area contributed by atoms with Crippen LogP contribution in [-0.2, 0) is 4.79 Å². The van der Waals surface area contributed by atoms with E-state index in [1.165, 1.54) is 12.1 Å². The summed E-state index contributed by atoms with van der Waals surface area (Å²) in [6, 6.07) is 5.00. The first-order valence-electron chi connectivity index (χ1n) is 3.10. The maximum absolute atomic E-state index is 12.4. The Kier molecular flexibility index (Phi) is 4.78. The number of carboxylic acid groups (broad SMARTS) is 1. The lowest BCUT2D eigenvalue weighted by Crippen LogP contribution is -1.90. The van der Waals surface area contributed by atoms with Gasteiger partial charge in [0.05, 0.1) is 4.92 Å². The minimum absolute atomic E-state index is 0.250. The zero-order chi connectivity index (χ0) is 10.3. The summed E-state index contributed by atoms with van der Waals surface area (Å²) < 4.78 is 12.4. The number of rotatable bonds is 1. The summed E-state index contributed by atoms with van der Waals surface area (Å²) in [5.74, 6) is -0.799. The predicted octanol–water partition coefficient (Wildman–Crippen LogP) is 1.43. The Morgan fingerprint density at radius 2 is 1.92 bits per heavy atom. The van der Waals surface area contributed by atoms with Gasteiger partial charge in [0.15, 0.2) is 0 Å². The van der Waals surface area contributed by atoms with Gasteiger partial charge in [0.25, 0.3) is 6.47 Å². The molecule has 0 saturated heterocycles. The second-order valence-corrected chi connectivity index (χ2v) is 1.81. The van der Waals surface area contributed by atoms with Crippen LogP contribution in [0.3, 0.4) is 0 Å². The van der Waals surface area contributed by atoms with Crippen molar-refractivity contribution in [1.82, 2.24) is 0 Å². The number of nitro groups is 1. The second-order valence-electron chi connectivity index (χ2n) is 1.81. The fourth-order valence-electron chi connectivity index (χ4n) is 0.600. The molecule has 6 heteroatoms. The Labute approximate surface area is 72.6 Å². The highest BCUT2D eigenvalue weighted by Gasteiger charge is 2.09. The molecule has 0 radical (unpaired) electrons. The van der Waals surface area contributed by atoms with Crippen LogP contribution in [0.5, 0.6) is 0 Å². The molecule has 0 aliphatic heterocycles. The largest absolute Gasteiger partial charge is 0.483 e. The van der Waals surface area contributed by atoms with E-state index in [0.717, 1.165) is 12.1 Å². The van der Waals surface area contributed by atoms with E-state index in [9.17, 15) is 14.5 Å². The van der Waals surface area contributed by atoms with Gasteiger partial charge in [-0.1, -0.05) is 12.1 Å². The predicted molar refractivity (Wildman–Crippen MR) is 41.7 cm³/mol. The van der Waals surface area contributed by atoms with Gasteiger partial charge in [-0.2, -0.15) is 4.39 Å². The lowest BCUT2D eigenvalue weighted by molar-refractivity contribution is -0.387. The van der Waals surface area contributed by atoms with Crippen LogP contribution in [-0.4, -0.2) is 16.5 Å². The van der Waals surface area contributed by atoms with E-state index in [1.54, 1.807) is 0 Å². The number of para-hydroxylation sites is 1. The number of nitrogens with zero attached hydrogens (tertiary/aromatic N) is 1. The topological polar surface area (TPSA) is 80.4 Å². The third kappa shape index (κ3) is 3.80. The molecule has 0 amide bonds. The average Bonchev–Trinajstić information content (AvgIpc) is 2.06. The van der Waals surface area contributed by atoms with Crippen molar-refractivity contribution in [3.05, 3.63) is 40.2 Å². The van der Waals surface area contributed by atoms with Crippen molar-refractivity contribution < 1.29 is 19.2 Å². The Balaban J connectivity index is 0.000000424. The van der Waals surface area contributed by atoms with Crippen molar-refractivity contribution >= 4 is 12.2 Å². The molecule has 0 aromatic heterocycles.